The number of benzene rings is 2. The lowest BCUT2D eigenvalue weighted by molar-refractivity contribution is 0.102. The number of nitrogens with zero attached hydrogens (tertiary/aromatic N) is 1. The van der Waals surface area contributed by atoms with Gasteiger partial charge < -0.3 is 5.32 Å². The molecule has 5 nitrogen and oxygen atoms in total. The normalized spacial score (nSPS) is 10.7. The number of hydrazine groups is 1. The minimum atomic E-state index is -0.138. The molecule has 3 aromatic rings. The molecule has 0 saturated heterocycles. The molecule has 2 aromatic carbocycles. The number of thiazole rings is 1. The van der Waals surface area contributed by atoms with Crippen LogP contribution in [0.4, 0.5) is 10.8 Å². The highest BCUT2D eigenvalue weighted by Crippen LogP contribution is 2.33. The van der Waals surface area contributed by atoms with Crippen LogP contribution in [0, 0.1) is 0 Å². The Kier molecular flexibility index (Phi) is 4.61. The Morgan fingerprint density at radius 3 is 2.70 bits per heavy atom. The number of nitrogens with two attached hydrogens (primary N) is 1. The van der Waals surface area contributed by atoms with Crippen LogP contribution >= 0.6 is 27.3 Å². The van der Waals surface area contributed by atoms with Crippen LogP contribution in [-0.4, -0.2) is 10.9 Å². The quantitative estimate of drug-likeness (QED) is 0.461. The van der Waals surface area contributed by atoms with Gasteiger partial charge in [0.05, 0.1) is 10.2 Å². The van der Waals surface area contributed by atoms with E-state index in [4.69, 9.17) is 5.84 Å². The highest BCUT2D eigenvalue weighted by Gasteiger charge is 2.11. The molecule has 23 heavy (non-hydrogen) atoms. The average Bonchev–Trinajstić information content (AvgIpc) is 2.98. The fraction of sp³-hybridized carbons (Fsp3) is 0.125. The SMILES string of the molecule is CCc1ccc(C(=O)Nc2cc(Br)c3nc(NN)sc3c2)cc1. The standard InChI is InChI=1S/C16H15BrN4OS/c1-2-9-3-5-10(6-4-9)15(22)19-11-7-12(17)14-13(8-11)23-16(20-14)21-18/h3-8H,2,18H2,1H3,(H,19,22)(H,20,21). The van der Waals surface area contributed by atoms with Crippen molar-refractivity contribution < 1.29 is 4.79 Å². The Balaban J connectivity index is 1.86. The lowest BCUT2D eigenvalue weighted by atomic mass is 10.1. The summed E-state index contributed by atoms with van der Waals surface area (Å²) in [7, 11) is 0. The van der Waals surface area contributed by atoms with Crippen LogP contribution < -0.4 is 16.6 Å². The average molecular weight is 391 g/mol. The fourth-order valence-electron chi connectivity index (χ4n) is 2.22. The third-order valence-corrected chi connectivity index (χ3v) is 4.99. The molecule has 0 atom stereocenters. The van der Waals surface area contributed by atoms with Gasteiger partial charge >= 0.3 is 0 Å². The Morgan fingerprint density at radius 2 is 2.04 bits per heavy atom. The molecule has 0 unspecified atom stereocenters. The molecule has 3 rings (SSSR count). The molecule has 118 valence electrons. The van der Waals surface area contributed by atoms with Crippen LogP contribution in [-0.2, 0) is 6.42 Å². The number of carbonyl (C=O) groups is 1. The predicted octanol–water partition coefficient (Wildman–Crippen LogP) is 4.16. The number of fused-ring (bicyclic) bond motifs is 1. The van der Waals surface area contributed by atoms with Crippen LogP contribution in [0.5, 0.6) is 0 Å². The summed E-state index contributed by atoms with van der Waals surface area (Å²) in [5.41, 5.74) is 5.90. The van der Waals surface area contributed by atoms with Crippen molar-refractivity contribution in [3.05, 3.63) is 52.0 Å². The van der Waals surface area contributed by atoms with Gasteiger partial charge in [-0.25, -0.2) is 10.8 Å². The summed E-state index contributed by atoms with van der Waals surface area (Å²) in [4.78, 5) is 16.7. The third kappa shape index (κ3) is 3.36. The second kappa shape index (κ2) is 6.66. The molecule has 4 N–H and O–H groups in total. The first-order valence-electron chi connectivity index (χ1n) is 7.07. The van der Waals surface area contributed by atoms with Crippen molar-refractivity contribution >= 4 is 54.2 Å². The van der Waals surface area contributed by atoms with Gasteiger partial charge in [0.2, 0.25) is 0 Å². The van der Waals surface area contributed by atoms with Crippen molar-refractivity contribution in [2.75, 3.05) is 10.7 Å². The lowest BCUT2D eigenvalue weighted by Gasteiger charge is -2.07. The zero-order chi connectivity index (χ0) is 16.4. The predicted molar refractivity (Wildman–Crippen MR) is 98.9 cm³/mol. The van der Waals surface area contributed by atoms with Crippen LogP contribution in [0.25, 0.3) is 10.2 Å². The summed E-state index contributed by atoms with van der Waals surface area (Å²) in [6.07, 6.45) is 0.953. The number of anilines is 2. The fourth-order valence-corrected chi connectivity index (χ4v) is 3.74. The molecule has 0 aliphatic carbocycles. The molecule has 1 heterocycles. The van der Waals surface area contributed by atoms with Gasteiger partial charge in [-0.3, -0.25) is 10.2 Å². The topological polar surface area (TPSA) is 80.0 Å². The molecular formula is C16H15BrN4OS. The summed E-state index contributed by atoms with van der Waals surface area (Å²) in [6.45, 7) is 2.08. The maximum atomic E-state index is 12.4. The number of hydrogen-bond acceptors (Lipinski definition) is 5. The largest absolute Gasteiger partial charge is 0.322 e. The van der Waals surface area contributed by atoms with E-state index in [9.17, 15) is 4.79 Å². The first-order chi connectivity index (χ1) is 11.1. The van der Waals surface area contributed by atoms with Crippen molar-refractivity contribution in [1.29, 1.82) is 0 Å². The van der Waals surface area contributed by atoms with Crippen LogP contribution in [0.3, 0.4) is 0 Å². The number of amides is 1. The van der Waals surface area contributed by atoms with E-state index in [1.54, 1.807) is 0 Å². The van der Waals surface area contributed by atoms with E-state index in [1.165, 1.54) is 16.9 Å². The van der Waals surface area contributed by atoms with Crippen LogP contribution in [0.15, 0.2) is 40.9 Å². The zero-order valence-corrected chi connectivity index (χ0v) is 14.8. The smallest absolute Gasteiger partial charge is 0.255 e. The van der Waals surface area contributed by atoms with Gasteiger partial charge in [0.15, 0.2) is 5.13 Å². The zero-order valence-electron chi connectivity index (χ0n) is 12.4. The lowest BCUT2D eigenvalue weighted by Crippen LogP contribution is -2.11. The van der Waals surface area contributed by atoms with Crippen molar-refractivity contribution in [1.82, 2.24) is 4.98 Å². The van der Waals surface area contributed by atoms with Crippen molar-refractivity contribution in [2.45, 2.75) is 13.3 Å². The van der Waals surface area contributed by atoms with Gasteiger partial charge in [0, 0.05) is 15.7 Å². The van der Waals surface area contributed by atoms with E-state index in [0.717, 1.165) is 21.1 Å². The number of aromatic nitrogens is 1. The minimum absolute atomic E-state index is 0.138. The molecular weight excluding hydrogens is 376 g/mol. The minimum Gasteiger partial charge on any atom is -0.322 e. The highest BCUT2D eigenvalue weighted by atomic mass is 79.9. The number of aryl methyl sites for hydroxylation is 1. The van der Waals surface area contributed by atoms with E-state index < -0.39 is 0 Å². The van der Waals surface area contributed by atoms with E-state index in [-0.39, 0.29) is 5.91 Å². The monoisotopic (exact) mass is 390 g/mol. The molecule has 0 fully saturated rings. The number of carbonyl (C=O) groups excluding carboxylic acids is 1. The first-order valence-corrected chi connectivity index (χ1v) is 8.68. The molecule has 0 radical (unpaired) electrons. The number of nitrogens with one attached hydrogen (secondary N) is 2. The molecule has 1 aromatic heterocycles. The summed E-state index contributed by atoms with van der Waals surface area (Å²) in [5, 5.41) is 3.54. The summed E-state index contributed by atoms with van der Waals surface area (Å²) < 4.78 is 1.74. The third-order valence-electron chi connectivity index (χ3n) is 3.45. The second-order valence-corrected chi connectivity index (χ2v) is 6.86. The van der Waals surface area contributed by atoms with Gasteiger partial charge in [-0.05, 0) is 52.2 Å². The van der Waals surface area contributed by atoms with E-state index in [1.807, 2.05) is 36.4 Å². The van der Waals surface area contributed by atoms with Gasteiger partial charge in [-0.2, -0.15) is 0 Å². The van der Waals surface area contributed by atoms with Gasteiger partial charge in [0.25, 0.3) is 5.91 Å². The van der Waals surface area contributed by atoms with Gasteiger partial charge in [0.1, 0.15) is 0 Å². The van der Waals surface area contributed by atoms with Crippen LogP contribution in [0.2, 0.25) is 0 Å². The molecule has 0 aliphatic rings. The Morgan fingerprint density at radius 1 is 1.30 bits per heavy atom. The second-order valence-electron chi connectivity index (χ2n) is 4.97. The summed E-state index contributed by atoms with van der Waals surface area (Å²) in [5.74, 6) is 5.26. The van der Waals surface area contributed by atoms with E-state index in [2.05, 4.69) is 38.6 Å². The highest BCUT2D eigenvalue weighted by molar-refractivity contribution is 9.10. The number of hydrogen-bond donors (Lipinski definition) is 3. The van der Waals surface area contributed by atoms with Gasteiger partial charge in [-0.15, -0.1) is 0 Å². The summed E-state index contributed by atoms with van der Waals surface area (Å²) >= 11 is 4.90. The van der Waals surface area contributed by atoms with Crippen LogP contribution in [0.1, 0.15) is 22.8 Å². The molecule has 0 saturated carbocycles. The van der Waals surface area contributed by atoms with E-state index >= 15 is 0 Å². The van der Waals surface area contributed by atoms with E-state index in [0.29, 0.717) is 16.4 Å². The van der Waals surface area contributed by atoms with Crippen molar-refractivity contribution in [3.63, 3.8) is 0 Å². The van der Waals surface area contributed by atoms with Crippen molar-refractivity contribution in [3.8, 4) is 0 Å². The van der Waals surface area contributed by atoms with Gasteiger partial charge in [-0.1, -0.05) is 30.4 Å². The summed E-state index contributed by atoms with van der Waals surface area (Å²) in [6, 6.07) is 11.3. The molecule has 1 amide bonds. The Bertz CT molecular complexity index is 860. The number of nitrogen functional groups attached to an aromatic ring is 1. The molecule has 0 aliphatic heterocycles. The first kappa shape index (κ1) is 15.9. The Hall–Kier alpha value is -1.96. The maximum absolute atomic E-state index is 12.4. The maximum Gasteiger partial charge on any atom is 0.255 e. The molecule has 7 heteroatoms. The molecule has 0 spiro atoms. The van der Waals surface area contributed by atoms with Crippen molar-refractivity contribution in [2.24, 2.45) is 5.84 Å². The number of rotatable bonds is 4. The molecule has 0 bridgehead atoms. The number of halogens is 1. The Labute approximate surface area is 146 Å².